The number of carbonyl (C=O) groups excluding carboxylic acids is 1. The van der Waals surface area contributed by atoms with E-state index in [0.29, 0.717) is 39.6 Å². The molecule has 38 heavy (non-hydrogen) atoms. The molecular weight excluding hydrogens is 499 g/mol. The maximum absolute atomic E-state index is 13.9. The number of anilines is 2. The number of rotatable bonds is 10. The third-order valence-electron chi connectivity index (χ3n) is 6.16. The van der Waals surface area contributed by atoms with Crippen molar-refractivity contribution in [3.05, 3.63) is 55.0 Å². The molecular formula is C27H28F3N5O3. The molecule has 0 N–H and O–H groups in total. The Morgan fingerprint density at radius 3 is 2.29 bits per heavy atom. The van der Waals surface area contributed by atoms with Crippen LogP contribution in [0.1, 0.15) is 26.3 Å². The lowest BCUT2D eigenvalue weighted by molar-refractivity contribution is -0.173. The Morgan fingerprint density at radius 2 is 1.71 bits per heavy atom. The van der Waals surface area contributed by atoms with Crippen LogP contribution in [0.25, 0.3) is 22.3 Å². The zero-order valence-corrected chi connectivity index (χ0v) is 21.4. The largest absolute Gasteiger partial charge is 0.497 e. The minimum atomic E-state index is -4.58. The molecule has 0 amide bonds. The molecule has 1 atom stereocenters. The van der Waals surface area contributed by atoms with Crippen LogP contribution in [-0.2, 0) is 4.79 Å². The van der Waals surface area contributed by atoms with E-state index in [9.17, 15) is 18.0 Å². The van der Waals surface area contributed by atoms with E-state index in [-0.39, 0.29) is 12.3 Å². The number of benzene rings is 2. The fraction of sp³-hybridized carbons (Fsp3) is 0.333. The Bertz CT molecular complexity index is 1400. The van der Waals surface area contributed by atoms with Crippen LogP contribution in [0.2, 0.25) is 0 Å². The summed E-state index contributed by atoms with van der Waals surface area (Å²) in [6.45, 7) is 3.52. The van der Waals surface area contributed by atoms with Crippen LogP contribution >= 0.6 is 0 Å². The van der Waals surface area contributed by atoms with E-state index < -0.39 is 25.1 Å². The molecule has 11 heteroatoms. The maximum atomic E-state index is 13.9. The van der Waals surface area contributed by atoms with E-state index in [1.807, 2.05) is 20.0 Å². The first-order chi connectivity index (χ1) is 18.1. The van der Waals surface area contributed by atoms with Gasteiger partial charge in [0.2, 0.25) is 0 Å². The summed E-state index contributed by atoms with van der Waals surface area (Å²) in [6.07, 6.45) is 0.242. The van der Waals surface area contributed by atoms with Crippen LogP contribution in [0.4, 0.5) is 24.5 Å². The van der Waals surface area contributed by atoms with Crippen molar-refractivity contribution in [3.8, 4) is 22.8 Å². The second-order valence-corrected chi connectivity index (χ2v) is 9.05. The van der Waals surface area contributed by atoms with Gasteiger partial charge in [0, 0.05) is 60.3 Å². The van der Waals surface area contributed by atoms with Crippen LogP contribution in [-0.4, -0.2) is 53.0 Å². The number of nitrogens with zero attached hydrogens (tertiary/aromatic N) is 5. The standard InChI is InChI=1S/C27H28F3N5O3/c1-17(2)35-15-18(13-32-35)26-14-31-24-6-5-20(11-25(24)33-26)34(16-19(7-8-36)27(28,29)30)21-9-22(37-3)12-23(10-21)38-4/h5-6,8-15,17,19H,7,16H2,1-4H3. The van der Waals surface area contributed by atoms with Gasteiger partial charge in [0.1, 0.15) is 17.8 Å². The molecule has 0 spiro atoms. The fourth-order valence-corrected chi connectivity index (χ4v) is 4.02. The molecule has 0 saturated carbocycles. The lowest BCUT2D eigenvalue weighted by Gasteiger charge is -2.30. The summed E-state index contributed by atoms with van der Waals surface area (Å²) >= 11 is 0. The number of halogens is 3. The van der Waals surface area contributed by atoms with Crippen LogP contribution in [0, 0.1) is 5.92 Å². The van der Waals surface area contributed by atoms with E-state index in [4.69, 9.17) is 14.5 Å². The zero-order valence-electron chi connectivity index (χ0n) is 21.4. The number of fused-ring (bicyclic) bond motifs is 1. The minimum absolute atomic E-state index is 0.171. The summed E-state index contributed by atoms with van der Waals surface area (Å²) in [5.41, 5.74) is 3.29. The molecule has 2 heterocycles. The Morgan fingerprint density at radius 1 is 1.00 bits per heavy atom. The number of aromatic nitrogens is 4. The second-order valence-electron chi connectivity index (χ2n) is 9.05. The highest BCUT2D eigenvalue weighted by molar-refractivity contribution is 5.82. The van der Waals surface area contributed by atoms with Gasteiger partial charge in [0.25, 0.3) is 0 Å². The fourth-order valence-electron chi connectivity index (χ4n) is 4.02. The monoisotopic (exact) mass is 527 g/mol. The van der Waals surface area contributed by atoms with E-state index in [1.165, 1.54) is 19.1 Å². The summed E-state index contributed by atoms with van der Waals surface area (Å²) in [5.74, 6) is -1.08. The van der Waals surface area contributed by atoms with Crippen molar-refractivity contribution in [1.82, 2.24) is 19.7 Å². The highest BCUT2D eigenvalue weighted by Gasteiger charge is 2.40. The molecule has 0 aliphatic heterocycles. The molecule has 8 nitrogen and oxygen atoms in total. The Labute approximate surface area is 218 Å². The Kier molecular flexibility index (Phi) is 7.84. The van der Waals surface area contributed by atoms with Gasteiger partial charge in [-0.25, -0.2) is 4.98 Å². The quantitative estimate of drug-likeness (QED) is 0.234. The van der Waals surface area contributed by atoms with Crippen molar-refractivity contribution in [2.45, 2.75) is 32.5 Å². The molecule has 0 radical (unpaired) electrons. The summed E-state index contributed by atoms with van der Waals surface area (Å²) in [6, 6.07) is 10.1. The maximum Gasteiger partial charge on any atom is 0.393 e. The third-order valence-corrected chi connectivity index (χ3v) is 6.16. The van der Waals surface area contributed by atoms with Gasteiger partial charge in [-0.2, -0.15) is 18.3 Å². The molecule has 1 unspecified atom stereocenters. The number of hydrogen-bond donors (Lipinski definition) is 0. The average molecular weight is 528 g/mol. The van der Waals surface area contributed by atoms with Gasteiger partial charge in [-0.05, 0) is 32.0 Å². The topological polar surface area (TPSA) is 82.4 Å². The summed E-state index contributed by atoms with van der Waals surface area (Å²) in [7, 11) is 2.92. The van der Waals surface area contributed by atoms with Crippen molar-refractivity contribution in [1.29, 1.82) is 0 Å². The summed E-state index contributed by atoms with van der Waals surface area (Å²) in [5, 5.41) is 4.35. The van der Waals surface area contributed by atoms with Gasteiger partial charge in [0.15, 0.2) is 0 Å². The van der Waals surface area contributed by atoms with Crippen LogP contribution < -0.4 is 14.4 Å². The normalized spacial score (nSPS) is 12.5. The second kappa shape index (κ2) is 11.1. The van der Waals surface area contributed by atoms with E-state index in [2.05, 4.69) is 10.1 Å². The SMILES string of the molecule is COc1cc(OC)cc(N(CC(CC=O)C(F)(F)F)c2ccc3ncc(-c4cnn(C(C)C)c4)nc3c2)c1. The van der Waals surface area contributed by atoms with Crippen molar-refractivity contribution in [2.24, 2.45) is 5.92 Å². The number of alkyl halides is 3. The molecule has 0 fully saturated rings. The Balaban J connectivity index is 1.82. The summed E-state index contributed by atoms with van der Waals surface area (Å²) in [4.78, 5) is 21.8. The number of methoxy groups -OCH3 is 2. The third kappa shape index (κ3) is 5.87. The lowest BCUT2D eigenvalue weighted by atomic mass is 10.0. The Hall–Kier alpha value is -4.15. The number of hydrogen-bond acceptors (Lipinski definition) is 7. The van der Waals surface area contributed by atoms with E-state index in [0.717, 1.165) is 5.56 Å². The van der Waals surface area contributed by atoms with Gasteiger partial charge in [-0.1, -0.05) is 0 Å². The van der Waals surface area contributed by atoms with Gasteiger partial charge >= 0.3 is 6.18 Å². The number of ether oxygens (including phenoxy) is 2. The highest BCUT2D eigenvalue weighted by atomic mass is 19.4. The highest BCUT2D eigenvalue weighted by Crippen LogP contribution is 2.38. The van der Waals surface area contributed by atoms with E-state index in [1.54, 1.807) is 53.5 Å². The van der Waals surface area contributed by atoms with Crippen LogP contribution in [0.15, 0.2) is 55.0 Å². The molecule has 4 aromatic rings. The van der Waals surface area contributed by atoms with Gasteiger partial charge in [-0.15, -0.1) is 0 Å². The average Bonchev–Trinajstić information content (AvgIpc) is 3.40. The lowest BCUT2D eigenvalue weighted by Crippen LogP contribution is -2.35. The minimum Gasteiger partial charge on any atom is -0.497 e. The van der Waals surface area contributed by atoms with Crippen molar-refractivity contribution < 1.29 is 27.4 Å². The molecule has 2 aromatic carbocycles. The van der Waals surface area contributed by atoms with Crippen molar-refractivity contribution in [3.63, 3.8) is 0 Å². The van der Waals surface area contributed by atoms with Gasteiger partial charge < -0.3 is 19.2 Å². The van der Waals surface area contributed by atoms with Crippen molar-refractivity contribution in [2.75, 3.05) is 25.7 Å². The van der Waals surface area contributed by atoms with Crippen LogP contribution in [0.3, 0.4) is 0 Å². The first kappa shape index (κ1) is 26.9. The molecule has 2 aromatic heterocycles. The predicted molar refractivity (Wildman–Crippen MR) is 138 cm³/mol. The molecule has 0 saturated heterocycles. The molecule has 200 valence electrons. The van der Waals surface area contributed by atoms with Gasteiger partial charge in [0.05, 0.1) is 49.3 Å². The summed E-state index contributed by atoms with van der Waals surface area (Å²) < 4.78 is 54.1. The first-order valence-corrected chi connectivity index (χ1v) is 11.9. The molecule has 0 aliphatic carbocycles. The smallest absolute Gasteiger partial charge is 0.393 e. The molecule has 0 bridgehead atoms. The zero-order chi connectivity index (χ0) is 27.4. The predicted octanol–water partition coefficient (Wildman–Crippen LogP) is 6.00. The van der Waals surface area contributed by atoms with E-state index >= 15 is 0 Å². The van der Waals surface area contributed by atoms with Gasteiger partial charge in [-0.3, -0.25) is 9.67 Å². The van der Waals surface area contributed by atoms with Crippen LogP contribution in [0.5, 0.6) is 11.5 Å². The number of aldehydes is 1. The van der Waals surface area contributed by atoms with Crippen molar-refractivity contribution >= 4 is 28.7 Å². The number of carbonyl (C=O) groups is 1. The molecule has 0 aliphatic rings. The molecule has 4 rings (SSSR count). The first-order valence-electron chi connectivity index (χ1n) is 11.9.